The predicted molar refractivity (Wildman–Crippen MR) is 79.0 cm³/mol. The van der Waals surface area contributed by atoms with Crippen molar-refractivity contribution in [3.05, 3.63) is 0 Å². The molecule has 2 nitrogen and oxygen atoms in total. The Bertz CT molecular complexity index is 178. The van der Waals surface area contributed by atoms with E-state index in [1.165, 1.54) is 71.0 Å². The molecule has 1 heterocycles. The number of nitrogens with zero attached hydrogens (tertiary/aromatic N) is 1. The van der Waals surface area contributed by atoms with E-state index < -0.39 is 0 Å². The van der Waals surface area contributed by atoms with Gasteiger partial charge in [-0.15, -0.1) is 0 Å². The van der Waals surface area contributed by atoms with E-state index in [-0.39, 0.29) is 0 Å². The summed E-state index contributed by atoms with van der Waals surface area (Å²) in [6, 6.07) is 0. The van der Waals surface area contributed by atoms with Crippen molar-refractivity contribution >= 4 is 0 Å². The maximum absolute atomic E-state index is 5.85. The fraction of sp³-hybridized carbons (Fsp3) is 1.00. The van der Waals surface area contributed by atoms with Gasteiger partial charge in [0, 0.05) is 19.8 Å². The summed E-state index contributed by atoms with van der Waals surface area (Å²) >= 11 is 0. The molecule has 0 saturated carbocycles. The normalized spacial score (nSPS) is 19.0. The first-order chi connectivity index (χ1) is 8.86. The second-order valence-corrected chi connectivity index (χ2v) is 5.75. The van der Waals surface area contributed by atoms with Gasteiger partial charge in [-0.2, -0.15) is 0 Å². The van der Waals surface area contributed by atoms with E-state index in [9.17, 15) is 0 Å². The lowest BCUT2D eigenvalue weighted by Crippen LogP contribution is -2.31. The molecule has 0 amide bonds. The monoisotopic (exact) mass is 255 g/mol. The van der Waals surface area contributed by atoms with Gasteiger partial charge in [-0.1, -0.05) is 39.5 Å². The van der Waals surface area contributed by atoms with Crippen LogP contribution in [0.1, 0.15) is 65.2 Å². The van der Waals surface area contributed by atoms with E-state index in [4.69, 9.17) is 4.74 Å². The molecule has 18 heavy (non-hydrogen) atoms. The number of likely N-dealkylation sites (tertiary alicyclic amines) is 1. The van der Waals surface area contributed by atoms with Crippen molar-refractivity contribution in [3.63, 3.8) is 0 Å². The van der Waals surface area contributed by atoms with Crippen molar-refractivity contribution in [1.29, 1.82) is 0 Å². The first-order valence-electron chi connectivity index (χ1n) is 8.16. The summed E-state index contributed by atoms with van der Waals surface area (Å²) in [6.45, 7) is 10.4. The van der Waals surface area contributed by atoms with Crippen molar-refractivity contribution in [1.82, 2.24) is 4.90 Å². The zero-order chi connectivity index (χ0) is 13.1. The van der Waals surface area contributed by atoms with Crippen molar-refractivity contribution in [3.8, 4) is 0 Å². The van der Waals surface area contributed by atoms with Crippen molar-refractivity contribution in [2.24, 2.45) is 5.92 Å². The highest BCUT2D eigenvalue weighted by atomic mass is 16.5. The minimum atomic E-state index is 0.792. The highest BCUT2D eigenvalue weighted by Crippen LogP contribution is 2.13. The average molecular weight is 255 g/mol. The van der Waals surface area contributed by atoms with Crippen LogP contribution in [0.5, 0.6) is 0 Å². The molecule has 108 valence electrons. The van der Waals surface area contributed by atoms with Crippen LogP contribution >= 0.6 is 0 Å². The molecule has 0 spiro atoms. The van der Waals surface area contributed by atoms with Gasteiger partial charge >= 0.3 is 0 Å². The highest BCUT2D eigenvalue weighted by molar-refractivity contribution is 4.64. The maximum atomic E-state index is 5.85. The molecular weight excluding hydrogens is 222 g/mol. The Morgan fingerprint density at radius 2 is 1.83 bits per heavy atom. The van der Waals surface area contributed by atoms with Crippen LogP contribution in [-0.4, -0.2) is 37.7 Å². The third-order valence-electron chi connectivity index (χ3n) is 4.11. The molecule has 0 radical (unpaired) electrons. The van der Waals surface area contributed by atoms with E-state index in [1.807, 2.05) is 0 Å². The standard InChI is InChI=1S/C16H33NO/c1-3-5-10-16(4-2)15-18-14-9-13-17-11-7-6-8-12-17/h16H,3-15H2,1-2H3. The number of unbranched alkanes of at least 4 members (excludes halogenated alkanes) is 1. The molecule has 1 aliphatic heterocycles. The van der Waals surface area contributed by atoms with E-state index in [1.54, 1.807) is 0 Å². The average Bonchev–Trinajstić information content (AvgIpc) is 2.43. The predicted octanol–water partition coefficient (Wildman–Crippen LogP) is 4.10. The van der Waals surface area contributed by atoms with Crippen LogP contribution in [0.4, 0.5) is 0 Å². The fourth-order valence-electron chi connectivity index (χ4n) is 2.72. The summed E-state index contributed by atoms with van der Waals surface area (Å²) in [5.74, 6) is 0.792. The van der Waals surface area contributed by atoms with Gasteiger partial charge in [-0.3, -0.25) is 0 Å². The lowest BCUT2D eigenvalue weighted by atomic mass is 10.0. The lowest BCUT2D eigenvalue weighted by molar-refractivity contribution is 0.0835. The Balaban J connectivity index is 1.93. The minimum absolute atomic E-state index is 0.792. The summed E-state index contributed by atoms with van der Waals surface area (Å²) < 4.78 is 5.85. The van der Waals surface area contributed by atoms with Crippen molar-refractivity contribution in [2.75, 3.05) is 32.8 Å². The van der Waals surface area contributed by atoms with Gasteiger partial charge in [-0.05, 0) is 44.7 Å². The van der Waals surface area contributed by atoms with E-state index in [2.05, 4.69) is 18.7 Å². The van der Waals surface area contributed by atoms with Crippen LogP contribution < -0.4 is 0 Å². The number of hydrogen-bond acceptors (Lipinski definition) is 2. The first kappa shape index (κ1) is 16.0. The second kappa shape index (κ2) is 10.8. The molecule has 1 unspecified atom stereocenters. The Labute approximate surface area is 114 Å². The summed E-state index contributed by atoms with van der Waals surface area (Å²) in [4.78, 5) is 2.60. The third-order valence-corrected chi connectivity index (χ3v) is 4.11. The van der Waals surface area contributed by atoms with Crippen LogP contribution in [-0.2, 0) is 4.74 Å². The third kappa shape index (κ3) is 7.38. The molecule has 2 heteroatoms. The van der Waals surface area contributed by atoms with E-state index in [0.29, 0.717) is 0 Å². The van der Waals surface area contributed by atoms with Crippen LogP contribution in [0, 0.1) is 5.92 Å². The highest BCUT2D eigenvalue weighted by Gasteiger charge is 2.09. The van der Waals surface area contributed by atoms with Crippen LogP contribution in [0.3, 0.4) is 0 Å². The summed E-state index contributed by atoms with van der Waals surface area (Å²) in [7, 11) is 0. The molecule has 1 aliphatic rings. The molecule has 0 bridgehead atoms. The van der Waals surface area contributed by atoms with E-state index in [0.717, 1.165) is 19.1 Å². The maximum Gasteiger partial charge on any atom is 0.0494 e. The second-order valence-electron chi connectivity index (χ2n) is 5.75. The molecule has 1 rings (SSSR count). The first-order valence-corrected chi connectivity index (χ1v) is 8.16. The number of ether oxygens (including phenoxy) is 1. The molecule has 1 atom stereocenters. The van der Waals surface area contributed by atoms with Gasteiger partial charge in [0.2, 0.25) is 0 Å². The van der Waals surface area contributed by atoms with Crippen LogP contribution in [0.2, 0.25) is 0 Å². The zero-order valence-corrected chi connectivity index (χ0v) is 12.6. The Morgan fingerprint density at radius 3 is 2.50 bits per heavy atom. The Kier molecular flexibility index (Phi) is 9.59. The zero-order valence-electron chi connectivity index (χ0n) is 12.6. The number of piperidine rings is 1. The molecular formula is C16H33NO. The van der Waals surface area contributed by atoms with Crippen LogP contribution in [0.15, 0.2) is 0 Å². The fourth-order valence-corrected chi connectivity index (χ4v) is 2.72. The Morgan fingerprint density at radius 1 is 1.06 bits per heavy atom. The molecule has 1 fully saturated rings. The van der Waals surface area contributed by atoms with Crippen molar-refractivity contribution in [2.45, 2.75) is 65.2 Å². The molecule has 0 aromatic rings. The van der Waals surface area contributed by atoms with Gasteiger partial charge in [-0.25, -0.2) is 0 Å². The van der Waals surface area contributed by atoms with Gasteiger partial charge in [0.15, 0.2) is 0 Å². The molecule has 1 saturated heterocycles. The Hall–Kier alpha value is -0.0800. The summed E-state index contributed by atoms with van der Waals surface area (Å²) in [6.07, 6.45) is 10.7. The molecule has 0 aliphatic carbocycles. The van der Waals surface area contributed by atoms with Gasteiger partial charge < -0.3 is 9.64 Å². The van der Waals surface area contributed by atoms with Crippen molar-refractivity contribution < 1.29 is 4.74 Å². The topological polar surface area (TPSA) is 12.5 Å². The number of hydrogen-bond donors (Lipinski definition) is 0. The van der Waals surface area contributed by atoms with Gasteiger partial charge in [0.25, 0.3) is 0 Å². The SMILES string of the molecule is CCCCC(CC)COCCCN1CCCCC1. The quantitative estimate of drug-likeness (QED) is 0.545. The molecule has 0 aromatic heterocycles. The summed E-state index contributed by atoms with van der Waals surface area (Å²) in [5, 5.41) is 0. The smallest absolute Gasteiger partial charge is 0.0494 e. The minimum Gasteiger partial charge on any atom is -0.381 e. The number of rotatable bonds is 10. The molecule has 0 aromatic carbocycles. The molecule has 0 N–H and O–H groups in total. The van der Waals surface area contributed by atoms with Crippen LogP contribution in [0.25, 0.3) is 0 Å². The van der Waals surface area contributed by atoms with Gasteiger partial charge in [0.1, 0.15) is 0 Å². The van der Waals surface area contributed by atoms with E-state index >= 15 is 0 Å². The largest absolute Gasteiger partial charge is 0.381 e. The summed E-state index contributed by atoms with van der Waals surface area (Å²) in [5.41, 5.74) is 0. The lowest BCUT2D eigenvalue weighted by Gasteiger charge is -2.26. The van der Waals surface area contributed by atoms with Gasteiger partial charge in [0.05, 0.1) is 0 Å².